The van der Waals surface area contributed by atoms with Gasteiger partial charge in [-0.1, -0.05) is 0 Å². The van der Waals surface area contributed by atoms with Gasteiger partial charge in [0.25, 0.3) is 5.91 Å². The monoisotopic (exact) mass is 362 g/mol. The summed E-state index contributed by atoms with van der Waals surface area (Å²) in [5.41, 5.74) is 3.61. The zero-order valence-corrected chi connectivity index (χ0v) is 14.9. The van der Waals surface area contributed by atoms with E-state index in [1.54, 1.807) is 30.4 Å². The largest absolute Gasteiger partial charge is 0.497 e. The number of aromatic amines is 1. The highest BCUT2D eigenvalue weighted by molar-refractivity contribution is 5.98. The van der Waals surface area contributed by atoms with Gasteiger partial charge in [-0.15, -0.1) is 0 Å². The standard InChI is InChI=1S/C19H18N6O2/c1-25-13(8-16(24-25)18-11-20-5-6-21-18)10-22-19(26)17-7-12-3-4-14(27-2)9-15(12)23-17/h3-9,11,23H,10H2,1-2H3,(H,22,26). The number of aromatic nitrogens is 5. The van der Waals surface area contributed by atoms with Crippen LogP contribution in [0.2, 0.25) is 0 Å². The van der Waals surface area contributed by atoms with Gasteiger partial charge in [0, 0.05) is 36.4 Å². The number of nitrogens with zero attached hydrogens (tertiary/aromatic N) is 4. The maximum atomic E-state index is 12.5. The molecule has 3 heterocycles. The Hall–Kier alpha value is -3.68. The fourth-order valence-electron chi connectivity index (χ4n) is 2.85. The summed E-state index contributed by atoms with van der Waals surface area (Å²) in [6, 6.07) is 9.34. The number of benzene rings is 1. The smallest absolute Gasteiger partial charge is 0.268 e. The van der Waals surface area contributed by atoms with Crippen LogP contribution in [0.15, 0.2) is 48.9 Å². The van der Waals surface area contributed by atoms with E-state index in [0.717, 1.165) is 22.3 Å². The molecule has 4 aromatic rings. The van der Waals surface area contributed by atoms with Crippen molar-refractivity contribution >= 4 is 16.8 Å². The number of ether oxygens (including phenoxy) is 1. The predicted octanol–water partition coefficient (Wildman–Crippen LogP) is 2.30. The molecule has 0 saturated heterocycles. The van der Waals surface area contributed by atoms with Crippen LogP contribution < -0.4 is 10.1 Å². The van der Waals surface area contributed by atoms with E-state index in [-0.39, 0.29) is 5.91 Å². The zero-order valence-electron chi connectivity index (χ0n) is 14.9. The molecule has 0 bridgehead atoms. The van der Waals surface area contributed by atoms with E-state index in [1.807, 2.05) is 37.4 Å². The lowest BCUT2D eigenvalue weighted by molar-refractivity contribution is 0.0946. The second kappa shape index (κ2) is 6.91. The Morgan fingerprint density at radius 1 is 1.22 bits per heavy atom. The van der Waals surface area contributed by atoms with Crippen molar-refractivity contribution in [3.8, 4) is 17.1 Å². The zero-order chi connectivity index (χ0) is 18.8. The van der Waals surface area contributed by atoms with E-state index in [2.05, 4.69) is 25.4 Å². The minimum absolute atomic E-state index is 0.188. The molecule has 0 fully saturated rings. The van der Waals surface area contributed by atoms with Crippen LogP contribution in [-0.4, -0.2) is 37.7 Å². The molecule has 8 heteroatoms. The average molecular weight is 362 g/mol. The van der Waals surface area contributed by atoms with Gasteiger partial charge >= 0.3 is 0 Å². The number of H-pyrrole nitrogens is 1. The lowest BCUT2D eigenvalue weighted by atomic mass is 10.2. The van der Waals surface area contributed by atoms with Crippen LogP contribution in [0.4, 0.5) is 0 Å². The maximum Gasteiger partial charge on any atom is 0.268 e. The number of aryl methyl sites for hydroxylation is 1. The Morgan fingerprint density at radius 2 is 2.11 bits per heavy atom. The lowest BCUT2D eigenvalue weighted by Gasteiger charge is -2.03. The number of hydrogen-bond acceptors (Lipinski definition) is 5. The highest BCUT2D eigenvalue weighted by Gasteiger charge is 2.13. The van der Waals surface area contributed by atoms with Gasteiger partial charge in [0.1, 0.15) is 22.8 Å². The molecule has 136 valence electrons. The summed E-state index contributed by atoms with van der Waals surface area (Å²) in [4.78, 5) is 23.9. The topological polar surface area (TPSA) is 97.7 Å². The molecule has 3 aromatic heterocycles. The van der Waals surface area contributed by atoms with Crippen molar-refractivity contribution in [2.45, 2.75) is 6.54 Å². The third-order valence-corrected chi connectivity index (χ3v) is 4.31. The van der Waals surface area contributed by atoms with Crippen molar-refractivity contribution in [1.82, 2.24) is 30.0 Å². The molecule has 0 saturated carbocycles. The molecule has 0 spiro atoms. The molecule has 0 atom stereocenters. The summed E-state index contributed by atoms with van der Waals surface area (Å²) >= 11 is 0. The Balaban J connectivity index is 1.49. The molecule has 0 unspecified atom stereocenters. The highest BCUT2D eigenvalue weighted by Crippen LogP contribution is 2.21. The SMILES string of the molecule is COc1ccc2cc(C(=O)NCc3cc(-c4cnccn4)nn3C)[nH]c2c1. The van der Waals surface area contributed by atoms with Gasteiger partial charge < -0.3 is 15.0 Å². The number of carbonyl (C=O) groups excluding carboxylic acids is 1. The minimum Gasteiger partial charge on any atom is -0.497 e. The van der Waals surface area contributed by atoms with Crippen molar-refractivity contribution in [1.29, 1.82) is 0 Å². The molecule has 0 radical (unpaired) electrons. The van der Waals surface area contributed by atoms with E-state index >= 15 is 0 Å². The number of nitrogens with one attached hydrogen (secondary N) is 2. The first-order chi connectivity index (χ1) is 13.1. The number of methoxy groups -OCH3 is 1. The molecule has 27 heavy (non-hydrogen) atoms. The number of amides is 1. The van der Waals surface area contributed by atoms with Crippen molar-refractivity contribution in [3.63, 3.8) is 0 Å². The fourth-order valence-corrected chi connectivity index (χ4v) is 2.85. The Morgan fingerprint density at radius 3 is 2.89 bits per heavy atom. The van der Waals surface area contributed by atoms with E-state index < -0.39 is 0 Å². The summed E-state index contributed by atoms with van der Waals surface area (Å²) in [7, 11) is 3.44. The van der Waals surface area contributed by atoms with E-state index in [0.29, 0.717) is 23.6 Å². The summed E-state index contributed by atoms with van der Waals surface area (Å²) in [6.45, 7) is 0.348. The second-order valence-electron chi connectivity index (χ2n) is 6.05. The molecule has 0 aliphatic rings. The van der Waals surface area contributed by atoms with Crippen molar-refractivity contribution in [3.05, 3.63) is 60.3 Å². The van der Waals surface area contributed by atoms with E-state index in [9.17, 15) is 4.79 Å². The van der Waals surface area contributed by atoms with Crippen LogP contribution in [0.1, 0.15) is 16.2 Å². The third kappa shape index (κ3) is 3.37. The predicted molar refractivity (Wildman–Crippen MR) is 100 cm³/mol. The van der Waals surface area contributed by atoms with Crippen LogP contribution in [0.3, 0.4) is 0 Å². The normalized spacial score (nSPS) is 10.9. The van der Waals surface area contributed by atoms with Gasteiger partial charge in [-0.3, -0.25) is 19.4 Å². The summed E-state index contributed by atoms with van der Waals surface area (Å²) in [5, 5.41) is 8.29. The van der Waals surface area contributed by atoms with Gasteiger partial charge in [0.2, 0.25) is 0 Å². The number of fused-ring (bicyclic) bond motifs is 1. The molecule has 1 aromatic carbocycles. The molecular weight excluding hydrogens is 344 g/mol. The van der Waals surface area contributed by atoms with E-state index in [1.165, 1.54) is 0 Å². The highest BCUT2D eigenvalue weighted by atomic mass is 16.5. The lowest BCUT2D eigenvalue weighted by Crippen LogP contribution is -2.24. The quantitative estimate of drug-likeness (QED) is 0.568. The molecule has 0 aliphatic carbocycles. The van der Waals surface area contributed by atoms with Crippen molar-refractivity contribution in [2.75, 3.05) is 7.11 Å². The van der Waals surface area contributed by atoms with Gasteiger partial charge in [-0.2, -0.15) is 5.10 Å². The first kappa shape index (κ1) is 16.8. The van der Waals surface area contributed by atoms with Gasteiger partial charge in [-0.05, 0) is 24.3 Å². The Bertz CT molecular complexity index is 1100. The van der Waals surface area contributed by atoms with Crippen LogP contribution in [-0.2, 0) is 13.6 Å². The fraction of sp³-hybridized carbons (Fsp3) is 0.158. The van der Waals surface area contributed by atoms with Gasteiger partial charge in [0.15, 0.2) is 0 Å². The molecule has 0 aliphatic heterocycles. The summed E-state index contributed by atoms with van der Waals surface area (Å²) in [5.74, 6) is 0.551. The molecule has 4 rings (SSSR count). The third-order valence-electron chi connectivity index (χ3n) is 4.31. The minimum atomic E-state index is -0.188. The number of hydrogen-bond donors (Lipinski definition) is 2. The number of carbonyl (C=O) groups is 1. The molecule has 8 nitrogen and oxygen atoms in total. The van der Waals surface area contributed by atoms with Gasteiger partial charge in [-0.25, -0.2) is 0 Å². The molecular formula is C19H18N6O2. The van der Waals surface area contributed by atoms with Crippen LogP contribution in [0.5, 0.6) is 5.75 Å². The Kier molecular flexibility index (Phi) is 4.29. The van der Waals surface area contributed by atoms with E-state index in [4.69, 9.17) is 4.74 Å². The Labute approximate surface area is 155 Å². The number of rotatable bonds is 5. The first-order valence-corrected chi connectivity index (χ1v) is 8.38. The molecule has 1 amide bonds. The maximum absolute atomic E-state index is 12.5. The van der Waals surface area contributed by atoms with Crippen molar-refractivity contribution in [2.24, 2.45) is 7.05 Å². The second-order valence-corrected chi connectivity index (χ2v) is 6.05. The molecule has 2 N–H and O–H groups in total. The summed E-state index contributed by atoms with van der Waals surface area (Å²) < 4.78 is 6.93. The van der Waals surface area contributed by atoms with Crippen LogP contribution >= 0.6 is 0 Å². The van der Waals surface area contributed by atoms with Crippen molar-refractivity contribution < 1.29 is 9.53 Å². The summed E-state index contributed by atoms with van der Waals surface area (Å²) in [6.07, 6.45) is 4.89. The van der Waals surface area contributed by atoms with Crippen LogP contribution in [0.25, 0.3) is 22.3 Å². The van der Waals surface area contributed by atoms with Crippen LogP contribution in [0, 0.1) is 0 Å². The average Bonchev–Trinajstić information content (AvgIpc) is 3.29. The first-order valence-electron chi connectivity index (χ1n) is 8.38. The van der Waals surface area contributed by atoms with Gasteiger partial charge in [0.05, 0.1) is 25.5 Å².